The third-order valence-corrected chi connectivity index (χ3v) is 4.16. The summed E-state index contributed by atoms with van der Waals surface area (Å²) in [5.41, 5.74) is 0. The summed E-state index contributed by atoms with van der Waals surface area (Å²) in [6, 6.07) is 0. The topological polar surface area (TPSA) is 6.48 Å². The minimum Gasteiger partial charge on any atom is -0.359 e. The zero-order valence-electron chi connectivity index (χ0n) is 13.4. The van der Waals surface area contributed by atoms with Crippen molar-refractivity contribution in [2.75, 3.05) is 13.6 Å². The molecule has 1 rings (SSSR count). The van der Waals surface area contributed by atoms with E-state index < -0.39 is 0 Å². The van der Waals surface area contributed by atoms with Crippen LogP contribution in [0.3, 0.4) is 0 Å². The van der Waals surface area contributed by atoms with E-state index in [0.717, 1.165) is 0 Å². The van der Waals surface area contributed by atoms with Crippen molar-refractivity contribution in [1.29, 1.82) is 0 Å². The normalized spacial score (nSPS) is 18.6. The molecule has 0 radical (unpaired) electrons. The minimum atomic E-state index is 0.620. The second-order valence-corrected chi connectivity index (χ2v) is 5.95. The third-order valence-electron chi connectivity index (χ3n) is 4.16. The van der Waals surface area contributed by atoms with Gasteiger partial charge in [0.15, 0.2) is 0 Å². The lowest BCUT2D eigenvalue weighted by molar-refractivity contribution is 0.162. The van der Waals surface area contributed by atoms with Crippen LogP contribution in [0.2, 0.25) is 0 Å². The molecular formula is C17H34N2. The van der Waals surface area contributed by atoms with Gasteiger partial charge in [0.2, 0.25) is 0 Å². The fourth-order valence-corrected chi connectivity index (χ4v) is 2.90. The Balaban J connectivity index is 2.01. The highest BCUT2D eigenvalue weighted by Gasteiger charge is 2.21. The van der Waals surface area contributed by atoms with E-state index in [9.17, 15) is 0 Å². The van der Waals surface area contributed by atoms with Gasteiger partial charge in [0, 0.05) is 26.0 Å². The van der Waals surface area contributed by atoms with Gasteiger partial charge < -0.3 is 9.80 Å². The molecule has 0 aliphatic carbocycles. The standard InChI is InChI=1S/C17H34N2/c1-4-6-7-8-9-10-11-12-14-19-16-15-18(3)17(19)13-5-2/h15-17H,4-14H2,1-3H3. The van der Waals surface area contributed by atoms with E-state index in [4.69, 9.17) is 0 Å². The molecule has 2 heteroatoms. The molecule has 2 nitrogen and oxygen atoms in total. The van der Waals surface area contributed by atoms with Crippen LogP contribution in [0.5, 0.6) is 0 Å². The molecule has 0 aromatic carbocycles. The van der Waals surface area contributed by atoms with Crippen LogP contribution in [-0.4, -0.2) is 29.6 Å². The Morgan fingerprint density at radius 2 is 1.42 bits per heavy atom. The van der Waals surface area contributed by atoms with Crippen LogP contribution in [0, 0.1) is 0 Å². The molecule has 112 valence electrons. The van der Waals surface area contributed by atoms with E-state index in [1.54, 1.807) is 0 Å². The van der Waals surface area contributed by atoms with Crippen molar-refractivity contribution in [3.05, 3.63) is 12.4 Å². The molecule has 0 bridgehead atoms. The SMILES string of the molecule is CCCCCCCCCCN1C=CN(C)C1CCC. The Hall–Kier alpha value is -0.660. The maximum Gasteiger partial charge on any atom is 0.100 e. The van der Waals surface area contributed by atoms with Crippen LogP contribution >= 0.6 is 0 Å². The van der Waals surface area contributed by atoms with Gasteiger partial charge in [0.05, 0.1) is 0 Å². The summed E-state index contributed by atoms with van der Waals surface area (Å²) in [7, 11) is 2.20. The number of nitrogens with zero attached hydrogens (tertiary/aromatic N) is 2. The van der Waals surface area contributed by atoms with Gasteiger partial charge in [-0.3, -0.25) is 0 Å². The molecule has 1 aliphatic rings. The molecule has 1 aliphatic heterocycles. The van der Waals surface area contributed by atoms with Crippen molar-refractivity contribution in [3.63, 3.8) is 0 Å². The zero-order chi connectivity index (χ0) is 13.9. The number of hydrogen-bond acceptors (Lipinski definition) is 2. The zero-order valence-corrected chi connectivity index (χ0v) is 13.4. The highest BCUT2D eigenvalue weighted by molar-refractivity contribution is 4.95. The molecule has 1 atom stereocenters. The maximum absolute atomic E-state index is 2.53. The Labute approximate surface area is 120 Å². The average Bonchev–Trinajstić information content (AvgIpc) is 2.75. The minimum absolute atomic E-state index is 0.620. The molecule has 0 spiro atoms. The second-order valence-electron chi connectivity index (χ2n) is 5.95. The van der Waals surface area contributed by atoms with Crippen LogP contribution in [0.15, 0.2) is 12.4 Å². The van der Waals surface area contributed by atoms with E-state index >= 15 is 0 Å². The van der Waals surface area contributed by atoms with Crippen molar-refractivity contribution >= 4 is 0 Å². The molecule has 0 aromatic heterocycles. The molecule has 0 amide bonds. The van der Waals surface area contributed by atoms with E-state index in [-0.39, 0.29) is 0 Å². The van der Waals surface area contributed by atoms with Gasteiger partial charge in [0.1, 0.15) is 6.17 Å². The first kappa shape index (κ1) is 16.4. The first-order valence-corrected chi connectivity index (χ1v) is 8.45. The Morgan fingerprint density at radius 1 is 0.789 bits per heavy atom. The summed E-state index contributed by atoms with van der Waals surface area (Å²) in [4.78, 5) is 4.88. The Bertz CT molecular complexity index is 237. The van der Waals surface area contributed by atoms with Gasteiger partial charge in [-0.05, 0) is 12.8 Å². The van der Waals surface area contributed by atoms with E-state index in [1.165, 1.54) is 70.8 Å². The maximum atomic E-state index is 2.53. The third kappa shape index (κ3) is 6.35. The van der Waals surface area contributed by atoms with Gasteiger partial charge in [-0.15, -0.1) is 0 Å². The Morgan fingerprint density at radius 3 is 2.05 bits per heavy atom. The van der Waals surface area contributed by atoms with Crippen LogP contribution < -0.4 is 0 Å². The van der Waals surface area contributed by atoms with E-state index in [1.807, 2.05) is 0 Å². The monoisotopic (exact) mass is 266 g/mol. The number of hydrogen-bond donors (Lipinski definition) is 0. The van der Waals surface area contributed by atoms with Crippen molar-refractivity contribution in [1.82, 2.24) is 9.80 Å². The molecule has 19 heavy (non-hydrogen) atoms. The second kappa shape index (κ2) is 10.2. The lowest BCUT2D eigenvalue weighted by atomic mass is 10.1. The molecule has 0 aromatic rings. The highest BCUT2D eigenvalue weighted by Crippen LogP contribution is 2.19. The summed E-state index contributed by atoms with van der Waals surface area (Å²) in [6.45, 7) is 5.80. The first-order valence-electron chi connectivity index (χ1n) is 8.45. The quantitative estimate of drug-likeness (QED) is 0.487. The molecule has 1 heterocycles. The number of unbranched alkanes of at least 4 members (excludes halogenated alkanes) is 7. The predicted molar refractivity (Wildman–Crippen MR) is 84.9 cm³/mol. The predicted octanol–water partition coefficient (Wildman–Crippen LogP) is 4.97. The van der Waals surface area contributed by atoms with Gasteiger partial charge in [-0.25, -0.2) is 0 Å². The smallest absolute Gasteiger partial charge is 0.100 e. The molecule has 0 fully saturated rings. The van der Waals surface area contributed by atoms with E-state index in [2.05, 4.69) is 43.1 Å². The summed E-state index contributed by atoms with van der Waals surface area (Å²) in [5.74, 6) is 0. The van der Waals surface area contributed by atoms with Gasteiger partial charge in [0.25, 0.3) is 0 Å². The average molecular weight is 266 g/mol. The largest absolute Gasteiger partial charge is 0.359 e. The molecule has 0 saturated heterocycles. The van der Waals surface area contributed by atoms with Crippen LogP contribution in [-0.2, 0) is 0 Å². The van der Waals surface area contributed by atoms with Gasteiger partial charge in [-0.1, -0.05) is 65.2 Å². The van der Waals surface area contributed by atoms with Crippen molar-refractivity contribution < 1.29 is 0 Å². The van der Waals surface area contributed by atoms with Crippen LogP contribution in [0.25, 0.3) is 0 Å². The summed E-state index contributed by atoms with van der Waals surface area (Å²) in [6.07, 6.45) is 19.0. The van der Waals surface area contributed by atoms with E-state index in [0.29, 0.717) is 6.17 Å². The summed E-state index contributed by atoms with van der Waals surface area (Å²) in [5, 5.41) is 0. The Kier molecular flexibility index (Phi) is 8.77. The molecule has 0 saturated carbocycles. The van der Waals surface area contributed by atoms with Crippen molar-refractivity contribution in [3.8, 4) is 0 Å². The first-order chi connectivity index (χ1) is 9.29. The van der Waals surface area contributed by atoms with Crippen LogP contribution in [0.1, 0.15) is 78.1 Å². The fourth-order valence-electron chi connectivity index (χ4n) is 2.90. The molecule has 1 unspecified atom stereocenters. The van der Waals surface area contributed by atoms with Gasteiger partial charge in [-0.2, -0.15) is 0 Å². The molecule has 0 N–H and O–H groups in total. The van der Waals surface area contributed by atoms with Crippen molar-refractivity contribution in [2.24, 2.45) is 0 Å². The van der Waals surface area contributed by atoms with Gasteiger partial charge >= 0.3 is 0 Å². The summed E-state index contributed by atoms with van der Waals surface area (Å²) < 4.78 is 0. The number of rotatable bonds is 11. The lowest BCUT2D eigenvalue weighted by Gasteiger charge is -2.30. The van der Waals surface area contributed by atoms with Crippen molar-refractivity contribution in [2.45, 2.75) is 84.2 Å². The highest BCUT2D eigenvalue weighted by atomic mass is 15.4. The lowest BCUT2D eigenvalue weighted by Crippen LogP contribution is -2.36. The fraction of sp³-hybridized carbons (Fsp3) is 0.882. The molecular weight excluding hydrogens is 232 g/mol. The van der Waals surface area contributed by atoms with Crippen LogP contribution in [0.4, 0.5) is 0 Å². The summed E-state index contributed by atoms with van der Waals surface area (Å²) >= 11 is 0.